The lowest BCUT2D eigenvalue weighted by Gasteiger charge is -2.25. The predicted molar refractivity (Wildman–Crippen MR) is 48.7 cm³/mol. The van der Waals surface area contributed by atoms with E-state index in [9.17, 15) is 9.90 Å². The summed E-state index contributed by atoms with van der Waals surface area (Å²) in [7, 11) is 1.67. The van der Waals surface area contributed by atoms with Crippen LogP contribution in [0.15, 0.2) is 12.7 Å². The Balaban J connectivity index is 3.95. The molecule has 0 heterocycles. The van der Waals surface area contributed by atoms with Crippen molar-refractivity contribution < 1.29 is 9.90 Å². The van der Waals surface area contributed by atoms with Crippen LogP contribution in [0.1, 0.15) is 20.3 Å². The third-order valence-electron chi connectivity index (χ3n) is 1.37. The van der Waals surface area contributed by atoms with Gasteiger partial charge in [0.15, 0.2) is 0 Å². The van der Waals surface area contributed by atoms with Gasteiger partial charge in [0.2, 0.25) is 5.91 Å². The van der Waals surface area contributed by atoms with Crippen LogP contribution in [-0.2, 0) is 4.79 Å². The summed E-state index contributed by atoms with van der Waals surface area (Å²) < 4.78 is 0. The van der Waals surface area contributed by atoms with Crippen molar-refractivity contribution in [3.8, 4) is 0 Å². The number of amides is 1. The molecule has 0 unspecified atom stereocenters. The molecule has 0 saturated heterocycles. The molecule has 0 aliphatic rings. The molecule has 0 aromatic carbocycles. The second-order valence-electron chi connectivity index (χ2n) is 3.56. The van der Waals surface area contributed by atoms with E-state index in [2.05, 4.69) is 6.58 Å². The molecule has 0 aromatic heterocycles. The Kier molecular flexibility index (Phi) is 3.96. The Morgan fingerprint density at radius 3 is 2.50 bits per heavy atom. The number of likely N-dealkylation sites (N-methyl/N-ethyl adjacent to an activating group) is 1. The van der Waals surface area contributed by atoms with Gasteiger partial charge in [-0.15, -0.1) is 6.58 Å². The summed E-state index contributed by atoms with van der Waals surface area (Å²) in [5, 5.41) is 9.39. The smallest absolute Gasteiger partial charge is 0.226 e. The number of carbonyl (C=O) groups excluding carboxylic acids is 1. The van der Waals surface area contributed by atoms with Crippen molar-refractivity contribution in [3.05, 3.63) is 12.7 Å². The van der Waals surface area contributed by atoms with E-state index in [4.69, 9.17) is 0 Å². The van der Waals surface area contributed by atoms with E-state index in [0.29, 0.717) is 13.0 Å². The molecule has 12 heavy (non-hydrogen) atoms. The van der Waals surface area contributed by atoms with Gasteiger partial charge in [-0.25, -0.2) is 0 Å². The minimum Gasteiger partial charge on any atom is -0.389 e. The Morgan fingerprint density at radius 2 is 2.17 bits per heavy atom. The third-order valence-corrected chi connectivity index (χ3v) is 1.37. The van der Waals surface area contributed by atoms with Crippen LogP contribution >= 0.6 is 0 Å². The fraction of sp³-hybridized carbons (Fsp3) is 0.667. The molecule has 0 rings (SSSR count). The lowest BCUT2D eigenvalue weighted by molar-refractivity contribution is -0.131. The SMILES string of the molecule is C=CCC(=O)N(C)CC(C)(C)O. The monoisotopic (exact) mass is 171 g/mol. The molecule has 0 aromatic rings. The van der Waals surface area contributed by atoms with Gasteiger partial charge in [-0.05, 0) is 13.8 Å². The molecular formula is C9H17NO2. The van der Waals surface area contributed by atoms with Gasteiger partial charge in [-0.3, -0.25) is 4.79 Å². The first-order valence-electron chi connectivity index (χ1n) is 3.94. The highest BCUT2D eigenvalue weighted by Gasteiger charge is 2.18. The zero-order valence-corrected chi connectivity index (χ0v) is 8.00. The summed E-state index contributed by atoms with van der Waals surface area (Å²) in [5.74, 6) is -0.0212. The largest absolute Gasteiger partial charge is 0.389 e. The quantitative estimate of drug-likeness (QED) is 0.635. The number of carbonyl (C=O) groups is 1. The molecule has 0 fully saturated rings. The van der Waals surface area contributed by atoms with Crippen LogP contribution in [0.3, 0.4) is 0 Å². The normalized spacial score (nSPS) is 11.0. The van der Waals surface area contributed by atoms with Crippen molar-refractivity contribution in [2.45, 2.75) is 25.9 Å². The molecule has 0 aliphatic heterocycles. The molecule has 70 valence electrons. The van der Waals surface area contributed by atoms with Crippen LogP contribution in [0.4, 0.5) is 0 Å². The number of aliphatic hydroxyl groups is 1. The molecule has 0 radical (unpaired) electrons. The molecule has 1 N–H and O–H groups in total. The summed E-state index contributed by atoms with van der Waals surface area (Å²) >= 11 is 0. The van der Waals surface area contributed by atoms with Crippen molar-refractivity contribution in [1.29, 1.82) is 0 Å². The summed E-state index contributed by atoms with van der Waals surface area (Å²) in [6.45, 7) is 7.16. The Labute approximate surface area is 73.7 Å². The van der Waals surface area contributed by atoms with Crippen molar-refractivity contribution >= 4 is 5.91 Å². The average Bonchev–Trinajstić information content (AvgIpc) is 1.84. The maximum atomic E-state index is 11.2. The first kappa shape index (κ1) is 11.2. The molecule has 3 heteroatoms. The highest BCUT2D eigenvalue weighted by Crippen LogP contribution is 2.04. The number of hydrogen-bond donors (Lipinski definition) is 1. The van der Waals surface area contributed by atoms with Gasteiger partial charge < -0.3 is 10.0 Å². The number of hydrogen-bond acceptors (Lipinski definition) is 2. The molecule has 0 aliphatic carbocycles. The van der Waals surface area contributed by atoms with E-state index in [1.165, 1.54) is 4.90 Å². The first-order valence-corrected chi connectivity index (χ1v) is 3.94. The number of rotatable bonds is 4. The lowest BCUT2D eigenvalue weighted by atomic mass is 10.1. The fourth-order valence-electron chi connectivity index (χ4n) is 0.948. The lowest BCUT2D eigenvalue weighted by Crippen LogP contribution is -2.39. The number of nitrogens with zero attached hydrogens (tertiary/aromatic N) is 1. The molecule has 1 amide bonds. The zero-order chi connectivity index (χ0) is 9.78. The summed E-state index contributed by atoms with van der Waals surface area (Å²) in [4.78, 5) is 12.7. The molecule has 3 nitrogen and oxygen atoms in total. The van der Waals surface area contributed by atoms with Gasteiger partial charge >= 0.3 is 0 Å². The van der Waals surface area contributed by atoms with Crippen LogP contribution in [0.25, 0.3) is 0 Å². The average molecular weight is 171 g/mol. The summed E-state index contributed by atoms with van der Waals surface area (Å²) in [6.07, 6.45) is 1.88. The van der Waals surface area contributed by atoms with Gasteiger partial charge in [-0.1, -0.05) is 6.08 Å². The van der Waals surface area contributed by atoms with E-state index >= 15 is 0 Å². The minimum absolute atomic E-state index is 0.0212. The standard InChI is InChI=1S/C9H17NO2/c1-5-6-8(11)10(4)7-9(2,3)12/h5,12H,1,6-7H2,2-4H3. The van der Waals surface area contributed by atoms with E-state index in [-0.39, 0.29) is 5.91 Å². The molecule has 0 atom stereocenters. The van der Waals surface area contributed by atoms with Crippen LogP contribution in [0.5, 0.6) is 0 Å². The topological polar surface area (TPSA) is 40.5 Å². The van der Waals surface area contributed by atoms with E-state index < -0.39 is 5.60 Å². The second kappa shape index (κ2) is 4.26. The molecule has 0 saturated carbocycles. The Morgan fingerprint density at radius 1 is 1.67 bits per heavy atom. The first-order chi connectivity index (χ1) is 5.37. The highest BCUT2D eigenvalue weighted by molar-refractivity contribution is 5.77. The van der Waals surface area contributed by atoms with E-state index in [1.54, 1.807) is 27.0 Å². The Bertz CT molecular complexity index is 170. The van der Waals surface area contributed by atoms with Gasteiger partial charge in [-0.2, -0.15) is 0 Å². The maximum absolute atomic E-state index is 11.2. The van der Waals surface area contributed by atoms with E-state index in [1.807, 2.05) is 0 Å². The van der Waals surface area contributed by atoms with Crippen LogP contribution in [0, 0.1) is 0 Å². The van der Waals surface area contributed by atoms with Gasteiger partial charge in [0, 0.05) is 20.0 Å². The maximum Gasteiger partial charge on any atom is 0.226 e. The van der Waals surface area contributed by atoms with Crippen molar-refractivity contribution in [3.63, 3.8) is 0 Å². The zero-order valence-electron chi connectivity index (χ0n) is 8.00. The van der Waals surface area contributed by atoms with Gasteiger partial charge in [0.05, 0.1) is 5.60 Å². The minimum atomic E-state index is -0.828. The predicted octanol–water partition coefficient (Wildman–Crippen LogP) is 0.792. The molecular weight excluding hydrogens is 154 g/mol. The van der Waals surface area contributed by atoms with Crippen LogP contribution in [0.2, 0.25) is 0 Å². The van der Waals surface area contributed by atoms with Gasteiger partial charge in [0.25, 0.3) is 0 Å². The highest BCUT2D eigenvalue weighted by atomic mass is 16.3. The molecule has 0 bridgehead atoms. The van der Waals surface area contributed by atoms with Crippen LogP contribution in [-0.4, -0.2) is 35.1 Å². The Hall–Kier alpha value is -0.830. The second-order valence-corrected chi connectivity index (χ2v) is 3.56. The third kappa shape index (κ3) is 4.91. The molecule has 0 spiro atoms. The van der Waals surface area contributed by atoms with E-state index in [0.717, 1.165) is 0 Å². The van der Waals surface area contributed by atoms with Gasteiger partial charge in [0.1, 0.15) is 0 Å². The summed E-state index contributed by atoms with van der Waals surface area (Å²) in [6, 6.07) is 0. The van der Waals surface area contributed by atoms with Crippen LogP contribution < -0.4 is 0 Å². The van der Waals surface area contributed by atoms with Crippen molar-refractivity contribution in [2.75, 3.05) is 13.6 Å². The summed E-state index contributed by atoms with van der Waals surface area (Å²) in [5.41, 5.74) is -0.828. The fourth-order valence-corrected chi connectivity index (χ4v) is 0.948. The van der Waals surface area contributed by atoms with Crippen molar-refractivity contribution in [2.24, 2.45) is 0 Å². The van der Waals surface area contributed by atoms with Crippen molar-refractivity contribution in [1.82, 2.24) is 4.90 Å².